The number of amides is 1. The molecule has 2 aromatic rings. The van der Waals surface area contributed by atoms with Crippen LogP contribution in [0.5, 0.6) is 0 Å². The first-order chi connectivity index (χ1) is 15.3. The van der Waals surface area contributed by atoms with Crippen LogP contribution in [0.3, 0.4) is 0 Å². The van der Waals surface area contributed by atoms with Crippen LogP contribution in [0.25, 0.3) is 0 Å². The van der Waals surface area contributed by atoms with Crippen LogP contribution < -0.4 is 5.32 Å². The Labute approximate surface area is 187 Å². The normalized spacial score (nSPS) is 13.3. The minimum absolute atomic E-state index is 0.0490. The van der Waals surface area contributed by atoms with E-state index >= 15 is 0 Å². The summed E-state index contributed by atoms with van der Waals surface area (Å²) in [5.41, 5.74) is -3.78. The van der Waals surface area contributed by atoms with Crippen molar-refractivity contribution in [1.29, 1.82) is 5.26 Å². The van der Waals surface area contributed by atoms with Gasteiger partial charge in [0.2, 0.25) is 5.91 Å². The summed E-state index contributed by atoms with van der Waals surface area (Å²) < 4.78 is 83.8. The number of nitrogens with one attached hydrogen (secondary N) is 1. The van der Waals surface area contributed by atoms with E-state index in [-0.39, 0.29) is 17.7 Å². The fourth-order valence-corrected chi connectivity index (χ4v) is 3.42. The highest BCUT2D eigenvalue weighted by atomic mass is 19.4. The van der Waals surface area contributed by atoms with Crippen LogP contribution in [0.2, 0.25) is 0 Å². The molecule has 0 saturated carbocycles. The van der Waals surface area contributed by atoms with Crippen molar-refractivity contribution in [3.63, 3.8) is 0 Å². The number of methoxy groups -OCH3 is 1. The highest BCUT2D eigenvalue weighted by molar-refractivity contribution is 5.86. The molecule has 0 aliphatic rings. The van der Waals surface area contributed by atoms with Gasteiger partial charge in [-0.2, -0.15) is 31.6 Å². The molecule has 1 amide bonds. The zero-order valence-electron chi connectivity index (χ0n) is 17.8. The number of nitrogens with zero attached hydrogens (tertiary/aromatic N) is 1. The number of nitriles is 1. The number of ether oxygens (including phenoxy) is 1. The average molecular weight is 472 g/mol. The van der Waals surface area contributed by atoms with E-state index in [9.17, 15) is 36.4 Å². The third-order valence-corrected chi connectivity index (χ3v) is 4.96. The lowest BCUT2D eigenvalue weighted by Crippen LogP contribution is -2.47. The molecular weight excluding hydrogens is 450 g/mol. The Morgan fingerprint density at radius 1 is 0.970 bits per heavy atom. The maximum absolute atomic E-state index is 13.1. The van der Waals surface area contributed by atoms with Crippen molar-refractivity contribution in [2.75, 3.05) is 13.7 Å². The van der Waals surface area contributed by atoms with Gasteiger partial charge in [0.05, 0.1) is 23.8 Å². The van der Waals surface area contributed by atoms with Crippen LogP contribution in [0.1, 0.15) is 29.2 Å². The van der Waals surface area contributed by atoms with Crippen molar-refractivity contribution in [3.05, 3.63) is 70.8 Å². The highest BCUT2D eigenvalue weighted by Gasteiger charge is 2.41. The van der Waals surface area contributed by atoms with E-state index < -0.39 is 53.7 Å². The summed E-state index contributed by atoms with van der Waals surface area (Å²) in [4.78, 5) is 13.1. The first-order valence-electron chi connectivity index (χ1n) is 9.84. The highest BCUT2D eigenvalue weighted by Crippen LogP contribution is 2.35. The summed E-state index contributed by atoms with van der Waals surface area (Å²) in [7, 11) is 1.39. The molecule has 0 spiro atoms. The van der Waals surface area contributed by atoms with Gasteiger partial charge < -0.3 is 10.1 Å². The zero-order valence-corrected chi connectivity index (χ0v) is 17.8. The Balaban J connectivity index is 2.50. The number of hydrogen-bond donors (Lipinski definition) is 1. The molecule has 0 fully saturated rings. The van der Waals surface area contributed by atoms with Gasteiger partial charge in [-0.25, -0.2) is 0 Å². The van der Waals surface area contributed by atoms with E-state index in [1.165, 1.54) is 19.2 Å². The van der Waals surface area contributed by atoms with Crippen LogP contribution >= 0.6 is 0 Å². The summed E-state index contributed by atoms with van der Waals surface area (Å²) in [5, 5.41) is 12.6. The van der Waals surface area contributed by atoms with Gasteiger partial charge in [0.25, 0.3) is 0 Å². The fraction of sp³-hybridized carbons (Fsp3) is 0.391. The van der Waals surface area contributed by atoms with Crippen LogP contribution in [0, 0.1) is 16.7 Å². The molecular formula is C23H22F6N2O2. The van der Waals surface area contributed by atoms with E-state index in [1.54, 1.807) is 6.92 Å². The Kier molecular flexibility index (Phi) is 8.14. The molecule has 0 aliphatic heterocycles. The summed E-state index contributed by atoms with van der Waals surface area (Å²) in [6.45, 7) is 1.69. The number of hydrogen-bond acceptors (Lipinski definition) is 3. The molecule has 0 radical (unpaired) electrons. The van der Waals surface area contributed by atoms with Gasteiger partial charge in [0.1, 0.15) is 5.41 Å². The monoisotopic (exact) mass is 472 g/mol. The Morgan fingerprint density at radius 3 is 1.79 bits per heavy atom. The van der Waals surface area contributed by atoms with Gasteiger partial charge in [-0.05, 0) is 30.2 Å². The summed E-state index contributed by atoms with van der Waals surface area (Å²) in [5.74, 6) is -0.815. The first-order valence-corrected chi connectivity index (χ1v) is 9.84. The summed E-state index contributed by atoms with van der Waals surface area (Å²) in [6, 6.07) is 9.63. The Morgan fingerprint density at radius 2 is 1.42 bits per heavy atom. The second kappa shape index (κ2) is 10.3. The predicted octanol–water partition coefficient (Wildman–Crippen LogP) is 5.17. The molecule has 0 aromatic heterocycles. The SMILES string of the molecule is COC[C@H](C)NC(=O)C(C#N)(Cc1cccc(C(F)(F)F)c1)Cc1cccc(C(F)(F)F)c1. The topological polar surface area (TPSA) is 62.1 Å². The van der Waals surface area contributed by atoms with E-state index in [4.69, 9.17) is 4.74 Å². The molecule has 0 aliphatic carbocycles. The quantitative estimate of drug-likeness (QED) is 0.540. The first kappa shape index (κ1) is 26.2. The van der Waals surface area contributed by atoms with Gasteiger partial charge in [0, 0.05) is 26.0 Å². The van der Waals surface area contributed by atoms with E-state index in [0.717, 1.165) is 36.4 Å². The molecule has 178 valence electrons. The molecule has 1 atom stereocenters. The molecule has 0 heterocycles. The predicted molar refractivity (Wildman–Crippen MR) is 108 cm³/mol. The molecule has 1 N–H and O–H groups in total. The van der Waals surface area contributed by atoms with Gasteiger partial charge in [-0.15, -0.1) is 0 Å². The Hall–Kier alpha value is -3.06. The number of benzene rings is 2. The van der Waals surface area contributed by atoms with E-state index in [0.29, 0.717) is 0 Å². The van der Waals surface area contributed by atoms with Crippen LogP contribution in [0.4, 0.5) is 26.3 Å². The second-order valence-corrected chi connectivity index (χ2v) is 7.77. The van der Waals surface area contributed by atoms with Crippen LogP contribution in [-0.2, 0) is 34.7 Å². The molecule has 33 heavy (non-hydrogen) atoms. The molecule has 4 nitrogen and oxygen atoms in total. The Bertz CT molecular complexity index is 951. The van der Waals surface area contributed by atoms with Gasteiger partial charge in [0.15, 0.2) is 0 Å². The number of rotatable bonds is 8. The van der Waals surface area contributed by atoms with Crippen molar-refractivity contribution in [2.45, 2.75) is 38.2 Å². The zero-order chi connectivity index (χ0) is 24.9. The van der Waals surface area contributed by atoms with E-state index in [1.807, 2.05) is 6.07 Å². The van der Waals surface area contributed by atoms with Gasteiger partial charge in [-0.1, -0.05) is 36.4 Å². The van der Waals surface area contributed by atoms with Crippen molar-refractivity contribution >= 4 is 5.91 Å². The third kappa shape index (κ3) is 6.96. The smallest absolute Gasteiger partial charge is 0.383 e. The maximum Gasteiger partial charge on any atom is 0.416 e. The van der Waals surface area contributed by atoms with Gasteiger partial charge in [-0.3, -0.25) is 4.79 Å². The number of alkyl halides is 6. The lowest BCUT2D eigenvalue weighted by molar-refractivity contribution is -0.138. The molecule has 0 bridgehead atoms. The molecule has 0 unspecified atom stereocenters. The molecule has 2 rings (SSSR count). The minimum atomic E-state index is -4.64. The lowest BCUT2D eigenvalue weighted by atomic mass is 9.76. The van der Waals surface area contributed by atoms with Crippen molar-refractivity contribution in [1.82, 2.24) is 5.32 Å². The fourth-order valence-electron chi connectivity index (χ4n) is 3.42. The number of carbonyl (C=O) groups excluding carboxylic acids is 1. The third-order valence-electron chi connectivity index (χ3n) is 4.96. The molecule has 0 saturated heterocycles. The largest absolute Gasteiger partial charge is 0.416 e. The van der Waals surface area contributed by atoms with Crippen LogP contribution in [-0.4, -0.2) is 25.7 Å². The number of halogens is 6. The summed E-state index contributed by atoms with van der Waals surface area (Å²) >= 11 is 0. The summed E-state index contributed by atoms with van der Waals surface area (Å²) in [6.07, 6.45) is -10.1. The lowest BCUT2D eigenvalue weighted by Gasteiger charge is -2.28. The van der Waals surface area contributed by atoms with Crippen molar-refractivity contribution < 1.29 is 35.9 Å². The van der Waals surface area contributed by atoms with Crippen molar-refractivity contribution in [3.8, 4) is 6.07 Å². The van der Waals surface area contributed by atoms with Crippen molar-refractivity contribution in [2.24, 2.45) is 5.41 Å². The standard InChI is InChI=1S/C23H22F6N2O2/c1-15(13-33-2)31-20(32)21(14-30,11-16-5-3-7-18(9-16)22(24,25)26)12-17-6-4-8-19(10-17)23(27,28)29/h3-10,15H,11-13H2,1-2H3,(H,31,32)/t15-/m0/s1. The number of carbonyl (C=O) groups is 1. The average Bonchev–Trinajstić information content (AvgIpc) is 2.72. The van der Waals surface area contributed by atoms with Gasteiger partial charge >= 0.3 is 12.4 Å². The maximum atomic E-state index is 13.1. The molecule has 2 aromatic carbocycles. The molecule has 10 heteroatoms. The van der Waals surface area contributed by atoms with Crippen LogP contribution in [0.15, 0.2) is 48.5 Å². The van der Waals surface area contributed by atoms with E-state index in [2.05, 4.69) is 5.32 Å². The second-order valence-electron chi connectivity index (χ2n) is 7.77. The minimum Gasteiger partial charge on any atom is -0.383 e.